The highest BCUT2D eigenvalue weighted by molar-refractivity contribution is 7.86. The van der Waals surface area contributed by atoms with Crippen LogP contribution in [0.15, 0.2) is 23.1 Å². The summed E-state index contributed by atoms with van der Waals surface area (Å²) < 4.78 is 12.3. The van der Waals surface area contributed by atoms with Crippen molar-refractivity contribution in [1.29, 1.82) is 0 Å². The minimum Gasteiger partial charge on any atom is -0.478 e. The number of carboxylic acids is 1. The van der Waals surface area contributed by atoms with Gasteiger partial charge < -0.3 is 10.4 Å². The zero-order valence-electron chi connectivity index (χ0n) is 11.8. The van der Waals surface area contributed by atoms with Gasteiger partial charge in [0.2, 0.25) is 5.91 Å². The summed E-state index contributed by atoms with van der Waals surface area (Å²) in [6, 6.07) is 3.61. The Balaban J connectivity index is 2.98. The summed E-state index contributed by atoms with van der Waals surface area (Å²) >= 11 is 0. The van der Waals surface area contributed by atoms with Crippen LogP contribution < -0.4 is 10.6 Å². The van der Waals surface area contributed by atoms with E-state index in [4.69, 9.17) is 5.11 Å². The molecule has 0 bridgehead atoms. The van der Waals surface area contributed by atoms with E-state index >= 15 is 0 Å². The highest BCUT2D eigenvalue weighted by Gasteiger charge is 2.23. The van der Waals surface area contributed by atoms with Crippen molar-refractivity contribution >= 4 is 28.7 Å². The van der Waals surface area contributed by atoms with Crippen LogP contribution in [-0.4, -0.2) is 39.5 Å². The molecule has 0 aliphatic carbocycles. The number of carbonyl (C=O) groups excluding carboxylic acids is 2. The van der Waals surface area contributed by atoms with Gasteiger partial charge in [-0.2, -0.15) is 0 Å². The summed E-state index contributed by atoms with van der Waals surface area (Å²) in [5.41, 5.74) is 0.561. The van der Waals surface area contributed by atoms with Crippen molar-refractivity contribution in [3.63, 3.8) is 0 Å². The molecule has 0 saturated heterocycles. The van der Waals surface area contributed by atoms with Crippen molar-refractivity contribution in [2.45, 2.75) is 24.0 Å². The Labute approximate surface area is 124 Å². The Hall–Kier alpha value is -2.22. The highest BCUT2D eigenvalue weighted by atomic mass is 32.2. The standard InChI is InChI=1S/C13H16N2O5S/c1-7-4-5-9(6-10(7)12(17)18)21(20)8(2)11(16)15-13(19)14-3/h4-6,8H,1-3H3,(H,17,18)(H2,14,15,16,19). The summed E-state index contributed by atoms with van der Waals surface area (Å²) in [5.74, 6) is -1.83. The lowest BCUT2D eigenvalue weighted by Crippen LogP contribution is -2.43. The molecule has 1 aromatic rings. The molecule has 0 spiro atoms. The zero-order valence-corrected chi connectivity index (χ0v) is 12.6. The van der Waals surface area contributed by atoms with Crippen LogP contribution >= 0.6 is 0 Å². The monoisotopic (exact) mass is 312 g/mol. The predicted octanol–water partition coefficient (Wildman–Crippen LogP) is 0.645. The van der Waals surface area contributed by atoms with Gasteiger partial charge in [-0.1, -0.05) is 6.07 Å². The Bertz CT molecular complexity index is 615. The zero-order chi connectivity index (χ0) is 16.2. The third kappa shape index (κ3) is 4.12. The lowest BCUT2D eigenvalue weighted by atomic mass is 10.1. The number of hydrogen-bond donors (Lipinski definition) is 3. The maximum atomic E-state index is 12.3. The predicted molar refractivity (Wildman–Crippen MR) is 76.6 cm³/mol. The quantitative estimate of drug-likeness (QED) is 0.755. The first kappa shape index (κ1) is 16.8. The van der Waals surface area contributed by atoms with Crippen molar-refractivity contribution in [1.82, 2.24) is 10.6 Å². The van der Waals surface area contributed by atoms with Gasteiger partial charge in [0.05, 0.1) is 16.4 Å². The SMILES string of the molecule is CNC(=O)NC(=O)C(C)S(=O)c1ccc(C)c(C(=O)O)c1. The molecule has 2 atom stereocenters. The second kappa shape index (κ2) is 6.98. The number of aromatic carboxylic acids is 1. The maximum absolute atomic E-state index is 12.3. The summed E-state index contributed by atoms with van der Waals surface area (Å²) in [6.07, 6.45) is 0. The van der Waals surface area contributed by atoms with Gasteiger partial charge in [0.25, 0.3) is 0 Å². The van der Waals surface area contributed by atoms with E-state index in [1.54, 1.807) is 6.92 Å². The Morgan fingerprint density at radius 1 is 1.29 bits per heavy atom. The van der Waals surface area contributed by atoms with E-state index in [1.807, 2.05) is 5.32 Å². The molecule has 0 heterocycles. The van der Waals surface area contributed by atoms with E-state index in [-0.39, 0.29) is 10.5 Å². The third-order valence-electron chi connectivity index (χ3n) is 2.83. The molecule has 3 N–H and O–H groups in total. The number of nitrogens with one attached hydrogen (secondary N) is 2. The van der Waals surface area contributed by atoms with Gasteiger partial charge in [0, 0.05) is 11.9 Å². The second-order valence-electron chi connectivity index (χ2n) is 4.29. The molecule has 2 unspecified atom stereocenters. The average Bonchev–Trinajstić information content (AvgIpc) is 2.45. The van der Waals surface area contributed by atoms with Gasteiger partial charge in [-0.25, -0.2) is 9.59 Å². The fourth-order valence-corrected chi connectivity index (χ4v) is 2.63. The first-order valence-electron chi connectivity index (χ1n) is 6.05. The maximum Gasteiger partial charge on any atom is 0.335 e. The molecule has 0 aliphatic rings. The molecular formula is C13H16N2O5S. The lowest BCUT2D eigenvalue weighted by Gasteiger charge is -2.12. The largest absolute Gasteiger partial charge is 0.478 e. The Morgan fingerprint density at radius 2 is 1.90 bits per heavy atom. The Kier molecular flexibility index (Phi) is 5.60. The van der Waals surface area contributed by atoms with Gasteiger partial charge >= 0.3 is 12.0 Å². The summed E-state index contributed by atoms with van der Waals surface area (Å²) in [7, 11) is -0.417. The highest BCUT2D eigenvalue weighted by Crippen LogP contribution is 2.17. The van der Waals surface area contributed by atoms with Crippen LogP contribution in [0, 0.1) is 6.92 Å². The van der Waals surface area contributed by atoms with Crippen molar-refractivity contribution in [2.75, 3.05) is 7.05 Å². The number of carbonyl (C=O) groups is 3. The number of aryl methyl sites for hydroxylation is 1. The number of hydrogen-bond acceptors (Lipinski definition) is 4. The average molecular weight is 312 g/mol. The van der Waals surface area contributed by atoms with Crippen LogP contribution in [0.1, 0.15) is 22.8 Å². The molecule has 0 aromatic heterocycles. The van der Waals surface area contributed by atoms with Gasteiger partial charge in [-0.15, -0.1) is 0 Å². The molecule has 21 heavy (non-hydrogen) atoms. The first-order valence-corrected chi connectivity index (χ1v) is 7.26. The summed E-state index contributed by atoms with van der Waals surface area (Å²) in [5, 5.41) is 12.3. The van der Waals surface area contributed by atoms with E-state index in [2.05, 4.69) is 5.32 Å². The lowest BCUT2D eigenvalue weighted by molar-refractivity contribution is -0.119. The molecule has 0 aliphatic heterocycles. The fourth-order valence-electron chi connectivity index (χ4n) is 1.53. The molecule has 3 amide bonds. The smallest absolute Gasteiger partial charge is 0.335 e. The first-order chi connectivity index (χ1) is 9.77. The number of amides is 3. The molecule has 0 fully saturated rings. The van der Waals surface area contributed by atoms with Crippen molar-refractivity contribution in [3.8, 4) is 0 Å². The molecule has 0 saturated carbocycles. The van der Waals surface area contributed by atoms with Crippen molar-refractivity contribution < 1.29 is 23.7 Å². The summed E-state index contributed by atoms with van der Waals surface area (Å²) in [6.45, 7) is 3.02. The number of urea groups is 1. The fraction of sp³-hybridized carbons (Fsp3) is 0.308. The van der Waals surface area contributed by atoms with Gasteiger partial charge in [0.1, 0.15) is 5.25 Å². The summed E-state index contributed by atoms with van der Waals surface area (Å²) in [4.78, 5) is 34.1. The van der Waals surface area contributed by atoms with Crippen LogP contribution in [0.4, 0.5) is 4.79 Å². The molecule has 1 rings (SSSR count). The molecule has 8 heteroatoms. The molecule has 114 valence electrons. The molecule has 1 aromatic carbocycles. The topological polar surface area (TPSA) is 113 Å². The number of benzene rings is 1. The Morgan fingerprint density at radius 3 is 2.43 bits per heavy atom. The van der Waals surface area contributed by atoms with Crippen LogP contribution in [0.3, 0.4) is 0 Å². The molecular weight excluding hydrogens is 296 g/mol. The van der Waals surface area contributed by atoms with E-state index < -0.39 is 34.0 Å². The minimum atomic E-state index is -1.77. The van der Waals surface area contributed by atoms with Gasteiger partial charge in [-0.3, -0.25) is 14.3 Å². The number of rotatable bonds is 4. The van der Waals surface area contributed by atoms with E-state index in [0.717, 1.165) is 0 Å². The van der Waals surface area contributed by atoms with Crippen LogP contribution in [0.5, 0.6) is 0 Å². The minimum absolute atomic E-state index is 0.0276. The van der Waals surface area contributed by atoms with Crippen LogP contribution in [0.2, 0.25) is 0 Å². The van der Waals surface area contributed by atoms with E-state index in [0.29, 0.717) is 5.56 Å². The van der Waals surface area contributed by atoms with Crippen molar-refractivity contribution in [2.24, 2.45) is 0 Å². The second-order valence-corrected chi connectivity index (χ2v) is 6.06. The number of carboxylic acid groups (broad SMARTS) is 1. The van der Waals surface area contributed by atoms with Gasteiger partial charge in [-0.05, 0) is 31.5 Å². The van der Waals surface area contributed by atoms with Crippen LogP contribution in [-0.2, 0) is 15.6 Å². The van der Waals surface area contributed by atoms with Crippen LogP contribution in [0.25, 0.3) is 0 Å². The van der Waals surface area contributed by atoms with E-state index in [9.17, 15) is 18.6 Å². The normalized spacial score (nSPS) is 13.1. The molecule has 0 radical (unpaired) electrons. The van der Waals surface area contributed by atoms with Gasteiger partial charge in [0.15, 0.2) is 0 Å². The van der Waals surface area contributed by atoms with E-state index in [1.165, 1.54) is 32.2 Å². The third-order valence-corrected chi connectivity index (χ3v) is 4.40. The van der Waals surface area contributed by atoms with Crippen molar-refractivity contribution in [3.05, 3.63) is 29.3 Å². The molecule has 7 nitrogen and oxygen atoms in total. The number of imide groups is 1.